The summed E-state index contributed by atoms with van der Waals surface area (Å²) in [5.41, 5.74) is -0.649. The Morgan fingerprint density at radius 2 is 1.80 bits per heavy atom. The molecule has 1 aliphatic carbocycles. The zero-order valence-corrected chi connectivity index (χ0v) is 18.8. The summed E-state index contributed by atoms with van der Waals surface area (Å²) in [5.74, 6) is -1.30. The molecule has 6 nitrogen and oxygen atoms in total. The molecule has 1 aromatic carbocycles. The van der Waals surface area contributed by atoms with E-state index < -0.39 is 28.4 Å². The largest absolute Gasteiger partial charge is 0.436 e. The third kappa shape index (κ3) is 6.54. The molecule has 0 spiro atoms. The lowest BCUT2D eigenvalue weighted by atomic mass is 10.0. The molecule has 182 valence electrons. The molecule has 2 aromatic heterocycles. The third-order valence-electron chi connectivity index (χ3n) is 5.15. The van der Waals surface area contributed by atoms with Crippen molar-refractivity contribution in [2.75, 3.05) is 5.32 Å². The molecular formula is C24H18ClF4N3O3. The molecule has 1 aliphatic rings. The van der Waals surface area contributed by atoms with Crippen molar-refractivity contribution < 1.29 is 31.9 Å². The lowest BCUT2D eigenvalue weighted by Gasteiger charge is -2.11. The molecule has 2 heterocycles. The Labute approximate surface area is 202 Å². The number of hydrogen-bond donors (Lipinski definition) is 1. The Kier molecular flexibility index (Phi) is 7.02. The van der Waals surface area contributed by atoms with E-state index >= 15 is 0 Å². The number of alkyl halides is 3. The molecule has 0 radical (unpaired) electrons. The van der Waals surface area contributed by atoms with Crippen LogP contribution in [0.25, 0.3) is 0 Å². The number of carbonyl (C=O) groups excluding carboxylic acids is 2. The second kappa shape index (κ2) is 9.99. The predicted octanol–water partition coefficient (Wildman–Crippen LogP) is 5.78. The summed E-state index contributed by atoms with van der Waals surface area (Å²) in [6.07, 6.45) is -0.856. The van der Waals surface area contributed by atoms with Gasteiger partial charge >= 0.3 is 6.18 Å². The van der Waals surface area contributed by atoms with Crippen LogP contribution in [0.15, 0.2) is 48.8 Å². The van der Waals surface area contributed by atoms with Crippen LogP contribution in [0.3, 0.4) is 0 Å². The highest BCUT2D eigenvalue weighted by Gasteiger charge is 2.33. The molecule has 1 fully saturated rings. The molecule has 35 heavy (non-hydrogen) atoms. The normalized spacial score (nSPS) is 13.4. The Morgan fingerprint density at radius 3 is 2.49 bits per heavy atom. The first-order valence-electron chi connectivity index (χ1n) is 10.5. The van der Waals surface area contributed by atoms with Crippen molar-refractivity contribution >= 4 is 29.1 Å². The Hall–Kier alpha value is -3.53. The van der Waals surface area contributed by atoms with E-state index in [1.807, 2.05) is 0 Å². The summed E-state index contributed by atoms with van der Waals surface area (Å²) >= 11 is 5.59. The van der Waals surface area contributed by atoms with Gasteiger partial charge in [-0.05, 0) is 48.2 Å². The lowest BCUT2D eigenvalue weighted by molar-refractivity contribution is -0.137. The van der Waals surface area contributed by atoms with E-state index in [1.54, 1.807) is 0 Å². The Bertz CT molecular complexity index is 1280. The van der Waals surface area contributed by atoms with Crippen LogP contribution in [0.5, 0.6) is 11.6 Å². The van der Waals surface area contributed by atoms with Gasteiger partial charge in [0.1, 0.15) is 17.4 Å². The van der Waals surface area contributed by atoms with Gasteiger partial charge in [-0.1, -0.05) is 17.7 Å². The van der Waals surface area contributed by atoms with E-state index in [2.05, 4.69) is 15.3 Å². The maximum absolute atomic E-state index is 14.5. The number of rotatable bonds is 8. The van der Waals surface area contributed by atoms with E-state index in [0.29, 0.717) is 0 Å². The number of ketones is 1. The van der Waals surface area contributed by atoms with Crippen LogP contribution < -0.4 is 10.1 Å². The molecule has 1 amide bonds. The number of pyridine rings is 2. The Morgan fingerprint density at radius 1 is 1.06 bits per heavy atom. The molecular weight excluding hydrogens is 490 g/mol. The van der Waals surface area contributed by atoms with E-state index in [-0.39, 0.29) is 53.2 Å². The highest BCUT2D eigenvalue weighted by molar-refractivity contribution is 6.31. The van der Waals surface area contributed by atoms with Gasteiger partial charge in [-0.25, -0.2) is 14.4 Å². The van der Waals surface area contributed by atoms with Crippen molar-refractivity contribution in [3.05, 3.63) is 76.3 Å². The van der Waals surface area contributed by atoms with Crippen LogP contribution >= 0.6 is 11.6 Å². The average molecular weight is 508 g/mol. The van der Waals surface area contributed by atoms with Gasteiger partial charge in [0.05, 0.1) is 10.6 Å². The highest BCUT2D eigenvalue weighted by Crippen LogP contribution is 2.35. The molecule has 3 aromatic rings. The van der Waals surface area contributed by atoms with Crippen LogP contribution in [0.2, 0.25) is 5.02 Å². The van der Waals surface area contributed by atoms with Gasteiger partial charge in [-0.3, -0.25) is 9.59 Å². The topological polar surface area (TPSA) is 81.2 Å². The minimum Gasteiger partial charge on any atom is -0.436 e. The second-order valence-electron chi connectivity index (χ2n) is 8.08. The molecule has 4 rings (SSSR count). The SMILES string of the molecule is O=C(Cc1cnc(Oc2ccnc(NC(=O)C3CC3)c2)c(F)c1)Cc1ccc(Cl)c(C(F)(F)F)c1. The van der Waals surface area contributed by atoms with Gasteiger partial charge in [-0.15, -0.1) is 0 Å². The van der Waals surface area contributed by atoms with E-state index in [9.17, 15) is 27.2 Å². The first-order valence-corrected chi connectivity index (χ1v) is 10.9. The number of aromatic nitrogens is 2. The molecule has 0 aliphatic heterocycles. The van der Waals surface area contributed by atoms with Gasteiger partial charge in [0, 0.05) is 37.2 Å². The number of nitrogens with one attached hydrogen (secondary N) is 1. The highest BCUT2D eigenvalue weighted by atomic mass is 35.5. The first-order chi connectivity index (χ1) is 16.6. The summed E-state index contributed by atoms with van der Waals surface area (Å²) in [5, 5.41) is 2.20. The smallest absolute Gasteiger partial charge is 0.417 e. The lowest BCUT2D eigenvalue weighted by Crippen LogP contribution is -2.14. The maximum atomic E-state index is 14.5. The van der Waals surface area contributed by atoms with Gasteiger partial charge in [0.25, 0.3) is 5.88 Å². The molecule has 0 saturated heterocycles. The van der Waals surface area contributed by atoms with Crippen LogP contribution in [0, 0.1) is 11.7 Å². The summed E-state index contributed by atoms with van der Waals surface area (Å²) in [4.78, 5) is 32.1. The fourth-order valence-electron chi connectivity index (χ4n) is 3.28. The summed E-state index contributed by atoms with van der Waals surface area (Å²) < 4.78 is 59.0. The zero-order valence-electron chi connectivity index (χ0n) is 18.0. The van der Waals surface area contributed by atoms with Crippen molar-refractivity contribution in [2.24, 2.45) is 5.92 Å². The second-order valence-corrected chi connectivity index (χ2v) is 8.48. The van der Waals surface area contributed by atoms with Gasteiger partial charge in [-0.2, -0.15) is 13.2 Å². The monoisotopic (exact) mass is 507 g/mol. The third-order valence-corrected chi connectivity index (χ3v) is 5.48. The van der Waals surface area contributed by atoms with Crippen molar-refractivity contribution in [3.8, 4) is 11.6 Å². The number of amides is 1. The number of halogens is 5. The van der Waals surface area contributed by atoms with Crippen molar-refractivity contribution in [1.82, 2.24) is 9.97 Å². The van der Waals surface area contributed by atoms with Crippen LogP contribution in [-0.4, -0.2) is 21.7 Å². The number of carbonyl (C=O) groups is 2. The summed E-state index contributed by atoms with van der Waals surface area (Å²) in [7, 11) is 0. The number of benzene rings is 1. The average Bonchev–Trinajstić information content (AvgIpc) is 3.62. The molecule has 0 unspecified atom stereocenters. The van der Waals surface area contributed by atoms with Crippen molar-refractivity contribution in [3.63, 3.8) is 0 Å². The Balaban J connectivity index is 1.39. The van der Waals surface area contributed by atoms with Crippen molar-refractivity contribution in [2.45, 2.75) is 31.9 Å². The predicted molar refractivity (Wildman–Crippen MR) is 119 cm³/mol. The van der Waals surface area contributed by atoms with Crippen molar-refractivity contribution in [1.29, 1.82) is 0 Å². The van der Waals surface area contributed by atoms with E-state index in [1.165, 1.54) is 30.6 Å². The quantitative estimate of drug-likeness (QED) is 0.391. The molecule has 0 bridgehead atoms. The van der Waals surface area contributed by atoms with Gasteiger partial charge in [0.15, 0.2) is 5.82 Å². The maximum Gasteiger partial charge on any atom is 0.417 e. The fourth-order valence-corrected chi connectivity index (χ4v) is 3.51. The number of ether oxygens (including phenoxy) is 1. The van der Waals surface area contributed by atoms with E-state index in [0.717, 1.165) is 31.0 Å². The van der Waals surface area contributed by atoms with Crippen LogP contribution in [-0.2, 0) is 28.6 Å². The molecule has 1 saturated carbocycles. The standard InChI is InChI=1S/C24H18ClF4N3O3/c25-19-4-1-13(9-18(19)24(27,28)29)7-16(33)8-14-10-20(26)23(31-12-14)35-17-5-6-30-21(11-17)32-22(34)15-2-3-15/h1,4-6,9-12,15H,2-3,7-8H2,(H,30,32,34). The number of anilines is 1. The molecule has 0 atom stereocenters. The first kappa shape index (κ1) is 24.6. The van der Waals surface area contributed by atoms with Gasteiger partial charge < -0.3 is 10.1 Å². The van der Waals surface area contributed by atoms with Crippen LogP contribution in [0.1, 0.15) is 29.5 Å². The number of Topliss-reactive ketones (excluding diaryl/α,β-unsaturated/α-hetero) is 1. The number of nitrogens with zero attached hydrogens (tertiary/aromatic N) is 2. The zero-order chi connectivity index (χ0) is 25.2. The van der Waals surface area contributed by atoms with Crippen LogP contribution in [0.4, 0.5) is 23.4 Å². The minimum atomic E-state index is -4.64. The molecule has 11 heteroatoms. The number of hydrogen-bond acceptors (Lipinski definition) is 5. The van der Waals surface area contributed by atoms with E-state index in [4.69, 9.17) is 16.3 Å². The fraction of sp³-hybridized carbons (Fsp3) is 0.250. The summed E-state index contributed by atoms with van der Waals surface area (Å²) in [6, 6.07) is 7.21. The summed E-state index contributed by atoms with van der Waals surface area (Å²) in [6.45, 7) is 0. The van der Waals surface area contributed by atoms with Gasteiger partial charge in [0.2, 0.25) is 5.91 Å². The molecule has 1 N–H and O–H groups in total. The minimum absolute atomic E-state index is 0.0119.